The van der Waals surface area contributed by atoms with Gasteiger partial charge < -0.3 is 9.47 Å². The topological polar surface area (TPSA) is 72.8 Å². The SMILES string of the molecule is COc1cc(OC)c(/C=N/NC(=O)CSc2nc3ccccc3s2)cc1Br. The molecule has 1 amide bonds. The largest absolute Gasteiger partial charge is 0.496 e. The molecule has 2 aromatic carbocycles. The number of hydrogen-bond donors (Lipinski definition) is 1. The third-order valence-corrected chi connectivity index (χ3v) is 6.30. The number of methoxy groups -OCH3 is 2. The second-order valence-electron chi connectivity index (χ2n) is 5.26. The van der Waals surface area contributed by atoms with Crippen LogP contribution in [0, 0.1) is 0 Å². The first kappa shape index (κ1) is 19.7. The summed E-state index contributed by atoms with van der Waals surface area (Å²) in [4.78, 5) is 16.5. The maximum atomic E-state index is 12.0. The summed E-state index contributed by atoms with van der Waals surface area (Å²) in [5.74, 6) is 1.28. The Morgan fingerprint density at radius 1 is 1.30 bits per heavy atom. The molecule has 3 aromatic rings. The number of thiazole rings is 1. The molecule has 1 aromatic heterocycles. The molecule has 0 saturated carbocycles. The highest BCUT2D eigenvalue weighted by Crippen LogP contribution is 2.32. The molecular weight excluding hydrogens is 450 g/mol. The molecule has 0 saturated heterocycles. The third-order valence-electron chi connectivity index (χ3n) is 3.50. The Bertz CT molecular complexity index is 958. The first-order chi connectivity index (χ1) is 13.1. The molecule has 0 spiro atoms. The fourth-order valence-electron chi connectivity index (χ4n) is 2.23. The van der Waals surface area contributed by atoms with E-state index in [1.807, 2.05) is 30.3 Å². The van der Waals surface area contributed by atoms with E-state index in [-0.39, 0.29) is 11.7 Å². The number of carbonyl (C=O) groups excluding carboxylic acids is 1. The van der Waals surface area contributed by atoms with Gasteiger partial charge in [0.1, 0.15) is 11.5 Å². The standard InChI is InChI=1S/C18H16BrN3O3S2/c1-24-14-8-15(25-2)12(19)7-11(14)9-20-22-17(23)10-26-18-21-13-5-3-4-6-16(13)27-18/h3-9H,10H2,1-2H3,(H,22,23)/b20-9+. The average Bonchev–Trinajstić information content (AvgIpc) is 3.09. The minimum atomic E-state index is -0.206. The van der Waals surface area contributed by atoms with Crippen LogP contribution in [0.5, 0.6) is 11.5 Å². The van der Waals surface area contributed by atoms with Crippen LogP contribution in [0.1, 0.15) is 5.56 Å². The maximum absolute atomic E-state index is 12.0. The van der Waals surface area contributed by atoms with Gasteiger partial charge in [-0.05, 0) is 34.1 Å². The molecular formula is C18H16BrN3O3S2. The van der Waals surface area contributed by atoms with Gasteiger partial charge in [-0.3, -0.25) is 4.79 Å². The van der Waals surface area contributed by atoms with Crippen LogP contribution in [0.3, 0.4) is 0 Å². The van der Waals surface area contributed by atoms with Crippen molar-refractivity contribution in [2.45, 2.75) is 4.34 Å². The summed E-state index contributed by atoms with van der Waals surface area (Å²) < 4.78 is 13.3. The first-order valence-electron chi connectivity index (χ1n) is 7.82. The van der Waals surface area contributed by atoms with Crippen molar-refractivity contribution in [3.05, 3.63) is 46.4 Å². The number of aromatic nitrogens is 1. The van der Waals surface area contributed by atoms with E-state index >= 15 is 0 Å². The lowest BCUT2D eigenvalue weighted by Crippen LogP contribution is -2.19. The van der Waals surface area contributed by atoms with Gasteiger partial charge in [-0.1, -0.05) is 23.9 Å². The van der Waals surface area contributed by atoms with Crippen molar-refractivity contribution in [2.75, 3.05) is 20.0 Å². The highest BCUT2D eigenvalue weighted by molar-refractivity contribution is 9.10. The normalized spacial score (nSPS) is 11.1. The van der Waals surface area contributed by atoms with Crippen molar-refractivity contribution >= 4 is 61.4 Å². The lowest BCUT2D eigenvalue weighted by molar-refractivity contribution is -0.118. The quantitative estimate of drug-likeness (QED) is 0.319. The maximum Gasteiger partial charge on any atom is 0.250 e. The number of rotatable bonds is 7. The van der Waals surface area contributed by atoms with E-state index < -0.39 is 0 Å². The molecule has 0 aliphatic rings. The van der Waals surface area contributed by atoms with Crippen molar-refractivity contribution < 1.29 is 14.3 Å². The Hall–Kier alpha value is -2.10. The van der Waals surface area contributed by atoms with Crippen LogP contribution < -0.4 is 14.9 Å². The van der Waals surface area contributed by atoms with Crippen LogP contribution in [0.25, 0.3) is 10.2 Å². The number of hydrazone groups is 1. The summed E-state index contributed by atoms with van der Waals surface area (Å²) >= 11 is 6.38. The third kappa shape index (κ3) is 5.00. The number of thioether (sulfide) groups is 1. The second-order valence-corrected chi connectivity index (χ2v) is 8.37. The molecule has 0 aliphatic carbocycles. The van der Waals surface area contributed by atoms with Gasteiger partial charge in [-0.2, -0.15) is 5.10 Å². The average molecular weight is 466 g/mol. The van der Waals surface area contributed by atoms with Gasteiger partial charge in [0, 0.05) is 11.6 Å². The smallest absolute Gasteiger partial charge is 0.250 e. The van der Waals surface area contributed by atoms with E-state index in [2.05, 4.69) is 31.4 Å². The summed E-state index contributed by atoms with van der Waals surface area (Å²) in [5, 5.41) is 4.01. The van der Waals surface area contributed by atoms with Gasteiger partial charge in [0.15, 0.2) is 4.34 Å². The zero-order valence-corrected chi connectivity index (χ0v) is 17.8. The van der Waals surface area contributed by atoms with Crippen molar-refractivity contribution in [1.29, 1.82) is 0 Å². The summed E-state index contributed by atoms with van der Waals surface area (Å²) in [6, 6.07) is 11.5. The molecule has 140 valence electrons. The fourth-order valence-corrected chi connectivity index (χ4v) is 4.61. The van der Waals surface area contributed by atoms with Gasteiger partial charge in [0.2, 0.25) is 0 Å². The predicted molar refractivity (Wildman–Crippen MR) is 113 cm³/mol. The van der Waals surface area contributed by atoms with Gasteiger partial charge in [-0.25, -0.2) is 10.4 Å². The first-order valence-corrected chi connectivity index (χ1v) is 10.4. The van der Waals surface area contributed by atoms with Crippen molar-refractivity contribution in [3.63, 3.8) is 0 Å². The molecule has 0 aliphatic heterocycles. The van der Waals surface area contributed by atoms with Crippen LogP contribution in [0.4, 0.5) is 0 Å². The monoisotopic (exact) mass is 465 g/mol. The van der Waals surface area contributed by atoms with Gasteiger partial charge in [0.05, 0.1) is 40.9 Å². The lowest BCUT2D eigenvalue weighted by Gasteiger charge is -2.09. The molecule has 1 heterocycles. The Morgan fingerprint density at radius 3 is 2.81 bits per heavy atom. The fraction of sp³-hybridized carbons (Fsp3) is 0.167. The van der Waals surface area contributed by atoms with E-state index in [4.69, 9.17) is 9.47 Å². The van der Waals surface area contributed by atoms with Crippen molar-refractivity contribution in [1.82, 2.24) is 10.4 Å². The summed E-state index contributed by atoms with van der Waals surface area (Å²) in [7, 11) is 3.14. The number of halogens is 1. The Kier molecular flexibility index (Phi) is 6.70. The van der Waals surface area contributed by atoms with E-state index in [0.29, 0.717) is 17.1 Å². The molecule has 0 fully saturated rings. The summed E-state index contributed by atoms with van der Waals surface area (Å²) in [6.45, 7) is 0. The minimum Gasteiger partial charge on any atom is -0.496 e. The highest BCUT2D eigenvalue weighted by atomic mass is 79.9. The molecule has 0 atom stereocenters. The van der Waals surface area contributed by atoms with Crippen LogP contribution >= 0.6 is 39.0 Å². The highest BCUT2D eigenvalue weighted by Gasteiger charge is 2.09. The van der Waals surface area contributed by atoms with Crippen LogP contribution in [-0.2, 0) is 4.79 Å². The van der Waals surface area contributed by atoms with Crippen LogP contribution in [-0.4, -0.2) is 37.1 Å². The Balaban J connectivity index is 1.57. The minimum absolute atomic E-state index is 0.206. The van der Waals surface area contributed by atoms with Crippen LogP contribution in [0.15, 0.2) is 50.3 Å². The molecule has 9 heteroatoms. The zero-order chi connectivity index (χ0) is 19.2. The number of para-hydroxylation sites is 1. The number of carbonyl (C=O) groups is 1. The Morgan fingerprint density at radius 2 is 2.07 bits per heavy atom. The predicted octanol–water partition coefficient (Wildman–Crippen LogP) is 4.32. The number of hydrogen-bond acceptors (Lipinski definition) is 7. The molecule has 6 nitrogen and oxygen atoms in total. The lowest BCUT2D eigenvalue weighted by atomic mass is 10.2. The second kappa shape index (κ2) is 9.20. The Labute approximate surface area is 173 Å². The van der Waals surface area contributed by atoms with E-state index in [9.17, 15) is 4.79 Å². The van der Waals surface area contributed by atoms with Gasteiger partial charge >= 0.3 is 0 Å². The van der Waals surface area contributed by atoms with E-state index in [1.165, 1.54) is 18.0 Å². The number of amides is 1. The summed E-state index contributed by atoms with van der Waals surface area (Å²) in [5.41, 5.74) is 4.18. The van der Waals surface area contributed by atoms with E-state index in [1.54, 1.807) is 31.6 Å². The molecule has 0 radical (unpaired) electrons. The molecule has 1 N–H and O–H groups in total. The zero-order valence-electron chi connectivity index (χ0n) is 14.6. The number of nitrogens with one attached hydrogen (secondary N) is 1. The molecule has 0 unspecified atom stereocenters. The van der Waals surface area contributed by atoms with Crippen LogP contribution in [0.2, 0.25) is 0 Å². The van der Waals surface area contributed by atoms with Gasteiger partial charge in [-0.15, -0.1) is 11.3 Å². The molecule has 3 rings (SSSR count). The number of benzene rings is 2. The molecule has 27 heavy (non-hydrogen) atoms. The number of nitrogens with zero attached hydrogens (tertiary/aromatic N) is 2. The number of ether oxygens (including phenoxy) is 2. The van der Waals surface area contributed by atoms with Crippen molar-refractivity contribution in [3.8, 4) is 11.5 Å². The molecule has 0 bridgehead atoms. The summed E-state index contributed by atoms with van der Waals surface area (Å²) in [6.07, 6.45) is 1.53. The number of fused-ring (bicyclic) bond motifs is 1. The van der Waals surface area contributed by atoms with Crippen molar-refractivity contribution in [2.24, 2.45) is 5.10 Å². The van der Waals surface area contributed by atoms with Gasteiger partial charge in [0.25, 0.3) is 5.91 Å². The van der Waals surface area contributed by atoms with E-state index in [0.717, 1.165) is 19.0 Å².